The fourth-order valence-electron chi connectivity index (χ4n) is 3.63. The van der Waals surface area contributed by atoms with Crippen LogP contribution in [0.1, 0.15) is 51.9 Å². The Kier molecular flexibility index (Phi) is 1.94. The summed E-state index contributed by atoms with van der Waals surface area (Å²) in [6, 6.07) is 0. The highest BCUT2D eigenvalue weighted by molar-refractivity contribution is 5.03. The van der Waals surface area contributed by atoms with Gasteiger partial charge in [0, 0.05) is 6.54 Å². The summed E-state index contributed by atoms with van der Waals surface area (Å²) in [7, 11) is 0. The molecular formula is C12H21NO. The molecule has 0 amide bonds. The minimum absolute atomic E-state index is 0.0737. The minimum atomic E-state index is 0.0737. The zero-order chi connectivity index (χ0) is 9.65. The maximum absolute atomic E-state index is 6.46. The Balaban J connectivity index is 1.79. The van der Waals surface area contributed by atoms with Crippen molar-refractivity contribution in [2.45, 2.75) is 63.2 Å². The summed E-state index contributed by atoms with van der Waals surface area (Å²) in [6.45, 7) is 3.45. The van der Waals surface area contributed by atoms with Crippen molar-refractivity contribution in [1.29, 1.82) is 0 Å². The molecule has 2 heteroatoms. The molecule has 0 aromatic carbocycles. The first kappa shape index (κ1) is 9.17. The van der Waals surface area contributed by atoms with Gasteiger partial charge in [-0.1, -0.05) is 19.8 Å². The van der Waals surface area contributed by atoms with E-state index >= 15 is 0 Å². The van der Waals surface area contributed by atoms with E-state index in [1.807, 2.05) is 0 Å². The van der Waals surface area contributed by atoms with Crippen molar-refractivity contribution in [2.24, 2.45) is 5.92 Å². The molecule has 2 atom stereocenters. The predicted octanol–water partition coefficient (Wildman–Crippen LogP) is 2.44. The first-order chi connectivity index (χ1) is 6.75. The fourth-order valence-corrected chi connectivity index (χ4v) is 3.63. The number of hydrogen-bond donors (Lipinski definition) is 1. The smallest absolute Gasteiger partial charge is 0.122 e. The highest BCUT2D eigenvalue weighted by Crippen LogP contribution is 2.47. The van der Waals surface area contributed by atoms with E-state index in [9.17, 15) is 0 Å². The molecule has 0 radical (unpaired) electrons. The highest BCUT2D eigenvalue weighted by Gasteiger charge is 2.53. The summed E-state index contributed by atoms with van der Waals surface area (Å²) in [4.78, 5) is 0. The van der Waals surface area contributed by atoms with Crippen molar-refractivity contribution in [3.05, 3.63) is 0 Å². The summed E-state index contributed by atoms with van der Waals surface area (Å²) in [5, 5.41) is 3.69. The third kappa shape index (κ3) is 1.17. The lowest BCUT2D eigenvalue weighted by molar-refractivity contribution is -0.120. The van der Waals surface area contributed by atoms with Crippen molar-refractivity contribution < 1.29 is 4.74 Å². The third-order valence-corrected chi connectivity index (χ3v) is 4.60. The van der Waals surface area contributed by atoms with E-state index in [0.29, 0.717) is 5.92 Å². The van der Waals surface area contributed by atoms with E-state index in [4.69, 9.17) is 4.74 Å². The van der Waals surface area contributed by atoms with Crippen LogP contribution in [0.2, 0.25) is 0 Å². The molecule has 1 N–H and O–H groups in total. The van der Waals surface area contributed by atoms with Gasteiger partial charge < -0.3 is 4.74 Å². The van der Waals surface area contributed by atoms with Crippen molar-refractivity contribution in [2.75, 3.05) is 6.54 Å². The fraction of sp³-hybridized carbons (Fsp3) is 1.00. The second-order valence-electron chi connectivity index (χ2n) is 5.53. The van der Waals surface area contributed by atoms with Gasteiger partial charge in [0.05, 0.1) is 5.60 Å². The van der Waals surface area contributed by atoms with Crippen LogP contribution < -0.4 is 5.32 Å². The normalized spacial score (nSPS) is 45.6. The largest absolute Gasteiger partial charge is 0.353 e. The highest BCUT2D eigenvalue weighted by atomic mass is 16.6. The molecule has 80 valence electrons. The molecule has 14 heavy (non-hydrogen) atoms. The number of ether oxygens (including phenoxy) is 1. The van der Waals surface area contributed by atoms with E-state index in [2.05, 4.69) is 12.2 Å². The second-order valence-corrected chi connectivity index (χ2v) is 5.53. The van der Waals surface area contributed by atoms with Crippen molar-refractivity contribution in [3.63, 3.8) is 0 Å². The van der Waals surface area contributed by atoms with Crippen LogP contribution in [0.15, 0.2) is 0 Å². The molecule has 3 fully saturated rings. The van der Waals surface area contributed by atoms with Crippen molar-refractivity contribution in [1.82, 2.24) is 5.32 Å². The second kappa shape index (κ2) is 2.96. The Labute approximate surface area is 86.4 Å². The quantitative estimate of drug-likeness (QED) is 0.641. The molecule has 0 bridgehead atoms. The van der Waals surface area contributed by atoms with Gasteiger partial charge in [-0.3, -0.25) is 5.32 Å². The first-order valence-electron chi connectivity index (χ1n) is 6.20. The Morgan fingerprint density at radius 1 is 1.14 bits per heavy atom. The molecule has 2 saturated carbocycles. The Hall–Kier alpha value is -0.0800. The van der Waals surface area contributed by atoms with Crippen LogP contribution in [0.25, 0.3) is 0 Å². The van der Waals surface area contributed by atoms with E-state index in [1.54, 1.807) is 0 Å². The SMILES string of the molecule is CC1CCCC12NCC1(CCCC1)O2. The Morgan fingerprint density at radius 2 is 1.93 bits per heavy atom. The van der Waals surface area contributed by atoms with Gasteiger partial charge in [0.15, 0.2) is 0 Å². The molecule has 2 nitrogen and oxygen atoms in total. The summed E-state index contributed by atoms with van der Waals surface area (Å²) in [5.41, 5.74) is 0.308. The van der Waals surface area contributed by atoms with Crippen LogP contribution in [-0.4, -0.2) is 17.9 Å². The minimum Gasteiger partial charge on any atom is -0.353 e. The molecule has 2 aliphatic carbocycles. The maximum atomic E-state index is 6.46. The summed E-state index contributed by atoms with van der Waals surface area (Å²) in [5.74, 6) is 0.711. The van der Waals surface area contributed by atoms with E-state index in [1.165, 1.54) is 44.9 Å². The van der Waals surface area contributed by atoms with Crippen LogP contribution in [0.3, 0.4) is 0 Å². The summed E-state index contributed by atoms with van der Waals surface area (Å²) >= 11 is 0. The number of hydrogen-bond acceptors (Lipinski definition) is 2. The molecule has 1 heterocycles. The van der Waals surface area contributed by atoms with Crippen LogP contribution in [-0.2, 0) is 4.74 Å². The van der Waals surface area contributed by atoms with Crippen LogP contribution in [0.5, 0.6) is 0 Å². The molecule has 2 spiro atoms. The molecular weight excluding hydrogens is 174 g/mol. The van der Waals surface area contributed by atoms with Gasteiger partial charge in [-0.25, -0.2) is 0 Å². The lowest BCUT2D eigenvalue weighted by Gasteiger charge is -2.32. The van der Waals surface area contributed by atoms with Gasteiger partial charge in [-0.2, -0.15) is 0 Å². The van der Waals surface area contributed by atoms with Gasteiger partial charge >= 0.3 is 0 Å². The van der Waals surface area contributed by atoms with Gasteiger partial charge in [-0.15, -0.1) is 0 Å². The molecule has 3 rings (SSSR count). The van der Waals surface area contributed by atoms with Gasteiger partial charge in [0.2, 0.25) is 0 Å². The van der Waals surface area contributed by atoms with Crippen LogP contribution >= 0.6 is 0 Å². The monoisotopic (exact) mass is 195 g/mol. The molecule has 2 unspecified atom stereocenters. The number of nitrogens with one attached hydrogen (secondary N) is 1. The average Bonchev–Trinajstić information content (AvgIpc) is 2.84. The van der Waals surface area contributed by atoms with E-state index in [-0.39, 0.29) is 11.3 Å². The van der Waals surface area contributed by atoms with Gasteiger partial charge in [0.1, 0.15) is 5.72 Å². The van der Waals surface area contributed by atoms with Crippen molar-refractivity contribution in [3.8, 4) is 0 Å². The Morgan fingerprint density at radius 3 is 2.57 bits per heavy atom. The topological polar surface area (TPSA) is 21.3 Å². The lowest BCUT2D eigenvalue weighted by Crippen LogP contribution is -2.43. The lowest BCUT2D eigenvalue weighted by atomic mass is 10.0. The van der Waals surface area contributed by atoms with Gasteiger partial charge in [0.25, 0.3) is 0 Å². The maximum Gasteiger partial charge on any atom is 0.122 e. The summed E-state index contributed by atoms with van der Waals surface area (Å²) in [6.07, 6.45) is 9.21. The zero-order valence-corrected chi connectivity index (χ0v) is 9.14. The summed E-state index contributed by atoms with van der Waals surface area (Å²) < 4.78 is 6.46. The van der Waals surface area contributed by atoms with Crippen LogP contribution in [0.4, 0.5) is 0 Å². The Bertz CT molecular complexity index is 234. The average molecular weight is 195 g/mol. The first-order valence-corrected chi connectivity index (χ1v) is 6.20. The van der Waals surface area contributed by atoms with Gasteiger partial charge in [-0.05, 0) is 38.0 Å². The molecule has 3 aliphatic rings. The molecule has 1 saturated heterocycles. The molecule has 0 aromatic rings. The standard InChI is InChI=1S/C12H21NO/c1-10-5-4-8-12(10)13-9-11(14-12)6-2-3-7-11/h10,13H,2-9H2,1H3. The van der Waals surface area contributed by atoms with Crippen LogP contribution in [0, 0.1) is 5.92 Å². The van der Waals surface area contributed by atoms with E-state index in [0.717, 1.165) is 6.54 Å². The van der Waals surface area contributed by atoms with E-state index < -0.39 is 0 Å². The number of rotatable bonds is 0. The third-order valence-electron chi connectivity index (χ3n) is 4.60. The molecule has 0 aromatic heterocycles. The predicted molar refractivity (Wildman–Crippen MR) is 56.0 cm³/mol. The van der Waals surface area contributed by atoms with Crippen molar-refractivity contribution >= 4 is 0 Å². The molecule has 1 aliphatic heterocycles. The zero-order valence-electron chi connectivity index (χ0n) is 9.14.